The number of rotatable bonds is 0. The molecule has 5 heavy (non-hydrogen) atoms. The first-order chi connectivity index (χ1) is 1.73. The first-order valence-corrected chi connectivity index (χ1v) is 1.41. The molecule has 1 N–H and O–H groups in total. The fraction of sp³-hybridized carbons (Fsp3) is 0.750. The third-order valence-corrected chi connectivity index (χ3v) is 0. The summed E-state index contributed by atoms with van der Waals surface area (Å²) in [6, 6.07) is 0. The Morgan fingerprint density at radius 3 is 1.40 bits per heavy atom. The summed E-state index contributed by atoms with van der Waals surface area (Å²) in [5, 5.41) is 8.06. The highest BCUT2D eigenvalue weighted by Gasteiger charge is 1.69. The summed E-state index contributed by atoms with van der Waals surface area (Å²) in [6.07, 6.45) is -0.167. The minimum absolute atomic E-state index is 0. The van der Waals surface area contributed by atoms with Crippen molar-refractivity contribution in [2.24, 2.45) is 0 Å². The number of hydrogen-bond donors (Lipinski definition) is 1. The highest BCUT2D eigenvalue weighted by molar-refractivity contribution is 4.20. The molecule has 0 bridgehead atoms. The molecule has 0 fully saturated rings. The minimum Gasteiger partial charge on any atom is -0.394 e. The van der Waals surface area contributed by atoms with Gasteiger partial charge in [0.2, 0.25) is 0 Å². The van der Waals surface area contributed by atoms with Gasteiger partial charge in [-0.3, -0.25) is 0 Å². The molecule has 0 spiro atoms. The maximum Gasteiger partial charge on any atom is 0.0483 e. The van der Waals surface area contributed by atoms with Crippen LogP contribution in [0.5, 0.6) is 0 Å². The molecule has 0 atom stereocenters. The lowest BCUT2D eigenvalue weighted by Crippen LogP contribution is -1.85. The average molecular weight is 74.1 g/mol. The van der Waals surface area contributed by atoms with Crippen LogP contribution in [0, 0.1) is 7.43 Å². The maximum atomic E-state index is 8.06. The van der Waals surface area contributed by atoms with E-state index in [9.17, 15) is 0 Å². The number of hydrogen-bond acceptors (Lipinski definition) is 1. The molecule has 0 saturated heterocycles. The van der Waals surface area contributed by atoms with Gasteiger partial charge in [0, 0.05) is 6.10 Å². The summed E-state index contributed by atoms with van der Waals surface area (Å²) in [7, 11) is 0. The number of aliphatic hydroxyl groups excluding tert-OH is 1. The molecule has 0 aliphatic carbocycles. The molecule has 0 aromatic heterocycles. The van der Waals surface area contributed by atoms with Crippen molar-refractivity contribution >= 4 is 0 Å². The van der Waals surface area contributed by atoms with Crippen molar-refractivity contribution in [3.63, 3.8) is 0 Å². The first kappa shape index (κ1) is 8.88. The summed E-state index contributed by atoms with van der Waals surface area (Å²) in [6.45, 7) is 3.44. The van der Waals surface area contributed by atoms with Gasteiger partial charge in [-0.1, -0.05) is 7.43 Å². The maximum absolute atomic E-state index is 8.06. The molecule has 0 unspecified atom stereocenters. The molecular weight excluding hydrogens is 64.0 g/mol. The highest BCUT2D eigenvalue weighted by atomic mass is 16.3. The normalized spacial score (nSPS) is 7.20. The lowest BCUT2D eigenvalue weighted by molar-refractivity contribution is 0.216. The van der Waals surface area contributed by atoms with E-state index in [-0.39, 0.29) is 13.5 Å². The Hall–Kier alpha value is -0.0400. The monoisotopic (exact) mass is 74.1 g/mol. The van der Waals surface area contributed by atoms with Gasteiger partial charge in [0.15, 0.2) is 0 Å². The topological polar surface area (TPSA) is 20.2 Å². The largest absolute Gasteiger partial charge is 0.394 e. The molecule has 0 aliphatic heterocycles. The van der Waals surface area contributed by atoms with Crippen LogP contribution in [0.1, 0.15) is 13.8 Å². The van der Waals surface area contributed by atoms with Gasteiger partial charge >= 0.3 is 0 Å². The average Bonchev–Trinajstić information content (AvgIpc) is 0.811. The van der Waals surface area contributed by atoms with Gasteiger partial charge < -0.3 is 5.11 Å². The fourth-order valence-corrected chi connectivity index (χ4v) is 0. The molecular formula is C4H10O. The van der Waals surface area contributed by atoms with Crippen molar-refractivity contribution < 1.29 is 5.11 Å². The summed E-state index contributed by atoms with van der Waals surface area (Å²) in [5.74, 6) is 0. The predicted molar refractivity (Wildman–Crippen MR) is 22.7 cm³/mol. The van der Waals surface area contributed by atoms with Crippen molar-refractivity contribution in [3.8, 4) is 0 Å². The summed E-state index contributed by atoms with van der Waals surface area (Å²) >= 11 is 0. The lowest BCUT2D eigenvalue weighted by atomic mass is 10.5. The van der Waals surface area contributed by atoms with Gasteiger partial charge in [-0.05, 0) is 13.8 Å². The van der Waals surface area contributed by atoms with Crippen LogP contribution in [-0.4, -0.2) is 11.2 Å². The van der Waals surface area contributed by atoms with Crippen molar-refractivity contribution in [3.05, 3.63) is 7.43 Å². The summed E-state index contributed by atoms with van der Waals surface area (Å²) in [4.78, 5) is 0. The second-order valence-corrected chi connectivity index (χ2v) is 1.09. The molecule has 0 saturated carbocycles. The van der Waals surface area contributed by atoms with E-state index in [1.165, 1.54) is 0 Å². The molecule has 2 radical (unpaired) electrons. The van der Waals surface area contributed by atoms with Crippen molar-refractivity contribution in [2.75, 3.05) is 0 Å². The SMILES string of the molecule is CC(C)O.[CH2]. The smallest absolute Gasteiger partial charge is 0.0483 e. The van der Waals surface area contributed by atoms with Crippen molar-refractivity contribution in [2.45, 2.75) is 20.0 Å². The van der Waals surface area contributed by atoms with Gasteiger partial charge in [-0.15, -0.1) is 0 Å². The van der Waals surface area contributed by atoms with Crippen LogP contribution < -0.4 is 0 Å². The van der Waals surface area contributed by atoms with Gasteiger partial charge in [-0.25, -0.2) is 0 Å². The number of aliphatic hydroxyl groups is 1. The first-order valence-electron chi connectivity index (χ1n) is 1.41. The minimum atomic E-state index is -0.167. The molecule has 1 nitrogen and oxygen atoms in total. The third kappa shape index (κ3) is 9510. The van der Waals surface area contributed by atoms with Gasteiger partial charge in [0.05, 0.1) is 0 Å². The Labute approximate surface area is 33.6 Å². The van der Waals surface area contributed by atoms with Crippen LogP contribution in [-0.2, 0) is 0 Å². The second kappa shape index (κ2) is 3.96. The Bertz CT molecular complexity index is 8.36. The second-order valence-electron chi connectivity index (χ2n) is 1.09. The Morgan fingerprint density at radius 2 is 1.40 bits per heavy atom. The van der Waals surface area contributed by atoms with E-state index in [2.05, 4.69) is 0 Å². The van der Waals surface area contributed by atoms with Crippen LogP contribution in [0.25, 0.3) is 0 Å². The molecule has 0 rings (SSSR count). The van der Waals surface area contributed by atoms with E-state index >= 15 is 0 Å². The van der Waals surface area contributed by atoms with Crippen LogP contribution in [0.15, 0.2) is 0 Å². The van der Waals surface area contributed by atoms with Crippen LogP contribution >= 0.6 is 0 Å². The molecule has 0 aliphatic rings. The van der Waals surface area contributed by atoms with Crippen LogP contribution in [0.2, 0.25) is 0 Å². The van der Waals surface area contributed by atoms with E-state index in [0.29, 0.717) is 0 Å². The molecule has 1 heteroatoms. The molecule has 0 heterocycles. The van der Waals surface area contributed by atoms with E-state index in [4.69, 9.17) is 5.11 Å². The highest BCUT2D eigenvalue weighted by Crippen LogP contribution is 1.65. The molecule has 0 amide bonds. The van der Waals surface area contributed by atoms with E-state index in [1.807, 2.05) is 0 Å². The molecule has 32 valence electrons. The van der Waals surface area contributed by atoms with Gasteiger partial charge in [0.25, 0.3) is 0 Å². The lowest BCUT2D eigenvalue weighted by Gasteiger charge is -1.80. The van der Waals surface area contributed by atoms with Crippen molar-refractivity contribution in [1.29, 1.82) is 0 Å². The molecule has 0 aromatic carbocycles. The Balaban J connectivity index is 0. The van der Waals surface area contributed by atoms with E-state index in [0.717, 1.165) is 0 Å². The Morgan fingerprint density at radius 1 is 1.40 bits per heavy atom. The van der Waals surface area contributed by atoms with Crippen LogP contribution in [0.3, 0.4) is 0 Å². The summed E-state index contributed by atoms with van der Waals surface area (Å²) < 4.78 is 0. The quantitative estimate of drug-likeness (QED) is 0.448. The van der Waals surface area contributed by atoms with Crippen molar-refractivity contribution in [1.82, 2.24) is 0 Å². The standard InChI is InChI=1S/C3H8O.CH2/c1-3(2)4;/h3-4H,1-2H3;1H2. The zero-order valence-electron chi connectivity index (χ0n) is 3.73. The van der Waals surface area contributed by atoms with E-state index in [1.54, 1.807) is 13.8 Å². The van der Waals surface area contributed by atoms with Crippen LogP contribution in [0.4, 0.5) is 0 Å². The predicted octanol–water partition coefficient (Wildman–Crippen LogP) is 0.714. The van der Waals surface area contributed by atoms with Gasteiger partial charge in [-0.2, -0.15) is 0 Å². The summed E-state index contributed by atoms with van der Waals surface area (Å²) in [5.41, 5.74) is 0. The zero-order chi connectivity index (χ0) is 3.58. The third-order valence-electron chi connectivity index (χ3n) is 0. The zero-order valence-corrected chi connectivity index (χ0v) is 3.73. The van der Waals surface area contributed by atoms with Gasteiger partial charge in [0.1, 0.15) is 0 Å². The van der Waals surface area contributed by atoms with E-state index < -0.39 is 0 Å². The molecule has 0 aromatic rings. The Kier molecular flexibility index (Phi) is 7.03. The fourth-order valence-electron chi connectivity index (χ4n) is 0.